The number of nitrogens with zero attached hydrogens (tertiary/aromatic N) is 4. The first-order valence-corrected chi connectivity index (χ1v) is 10.6. The summed E-state index contributed by atoms with van der Waals surface area (Å²) < 4.78 is 0. The first kappa shape index (κ1) is 20.5. The molecule has 5 aromatic rings. The number of benzene rings is 3. The van der Waals surface area contributed by atoms with Crippen LogP contribution in [0.25, 0.3) is 33.5 Å². The lowest BCUT2D eigenvalue weighted by molar-refractivity contribution is -0.117. The Hall–Kier alpha value is -4.37. The highest BCUT2D eigenvalue weighted by atomic mass is 16.1. The van der Waals surface area contributed by atoms with Gasteiger partial charge in [0.25, 0.3) is 0 Å². The first-order chi connectivity index (χ1) is 16.2. The molecule has 0 saturated carbocycles. The number of amides is 1. The topological polar surface area (TPSA) is 138 Å². The molecule has 2 aromatic heterocycles. The minimum absolute atomic E-state index is 0.0829. The van der Waals surface area contributed by atoms with E-state index in [1.165, 1.54) is 0 Å². The number of hydrogen-bond acceptors (Lipinski definition) is 6. The Morgan fingerprint density at radius 3 is 2.48 bits per heavy atom. The van der Waals surface area contributed by atoms with E-state index in [0.29, 0.717) is 24.5 Å². The predicted octanol–water partition coefficient (Wildman–Crippen LogP) is 3.48. The summed E-state index contributed by atoms with van der Waals surface area (Å²) >= 11 is 0. The number of carbonyl (C=O) groups excluding carboxylic acids is 1. The predicted molar refractivity (Wildman–Crippen MR) is 126 cm³/mol. The van der Waals surface area contributed by atoms with Crippen LogP contribution >= 0.6 is 0 Å². The van der Waals surface area contributed by atoms with E-state index in [-0.39, 0.29) is 11.8 Å². The van der Waals surface area contributed by atoms with E-state index >= 15 is 0 Å². The first-order valence-electron chi connectivity index (χ1n) is 10.6. The van der Waals surface area contributed by atoms with Crippen molar-refractivity contribution in [3.05, 3.63) is 78.4 Å². The summed E-state index contributed by atoms with van der Waals surface area (Å²) in [6.07, 6.45) is 0.571. The third kappa shape index (κ3) is 4.21. The Labute approximate surface area is 189 Å². The number of H-pyrrole nitrogens is 2. The normalized spacial score (nSPS) is 12.0. The molecule has 5 rings (SSSR count). The molecule has 164 valence electrons. The second-order valence-electron chi connectivity index (χ2n) is 7.68. The van der Waals surface area contributed by atoms with Gasteiger partial charge < -0.3 is 11.1 Å². The lowest BCUT2D eigenvalue weighted by atomic mass is 9.94. The van der Waals surface area contributed by atoms with E-state index in [2.05, 4.69) is 36.1 Å². The number of nitrogens with two attached hydrogens (primary N) is 1. The highest BCUT2D eigenvalue weighted by Crippen LogP contribution is 2.30. The maximum atomic E-state index is 13.1. The third-order valence-corrected chi connectivity index (χ3v) is 5.57. The van der Waals surface area contributed by atoms with Crippen molar-refractivity contribution in [2.75, 3.05) is 11.9 Å². The van der Waals surface area contributed by atoms with E-state index in [9.17, 15) is 4.79 Å². The summed E-state index contributed by atoms with van der Waals surface area (Å²) in [5.74, 6) is 0.137. The van der Waals surface area contributed by atoms with Crippen molar-refractivity contribution in [3.63, 3.8) is 0 Å². The van der Waals surface area contributed by atoms with Gasteiger partial charge in [0.2, 0.25) is 11.7 Å². The standard InChI is InChI=1S/C24H22N8O/c25-13-12-19(15-4-2-1-3-5-15)24(33)26-18-10-11-21-20(14-18)22(28-27-21)16-6-8-17(9-7-16)23-29-31-32-30-23/h1-11,14,19H,12-13,25H2,(H,26,33)(H,27,28)(H,29,30,31,32). The van der Waals surface area contributed by atoms with Crippen LogP contribution in [0.4, 0.5) is 5.69 Å². The fraction of sp³-hybridized carbons (Fsp3) is 0.125. The van der Waals surface area contributed by atoms with E-state index in [1.807, 2.05) is 72.8 Å². The Balaban J connectivity index is 1.42. The molecular formula is C24H22N8O. The maximum absolute atomic E-state index is 13.1. The molecule has 0 aliphatic carbocycles. The number of aromatic amines is 2. The zero-order valence-corrected chi connectivity index (χ0v) is 17.7. The minimum atomic E-state index is -0.312. The Morgan fingerprint density at radius 2 is 1.76 bits per heavy atom. The monoisotopic (exact) mass is 438 g/mol. The number of anilines is 1. The molecule has 9 nitrogen and oxygen atoms in total. The lowest BCUT2D eigenvalue weighted by Gasteiger charge is -2.16. The van der Waals surface area contributed by atoms with Crippen LogP contribution in [0.15, 0.2) is 72.8 Å². The van der Waals surface area contributed by atoms with Crippen molar-refractivity contribution in [1.29, 1.82) is 0 Å². The summed E-state index contributed by atoms with van der Waals surface area (Å²) in [4.78, 5) is 13.1. The van der Waals surface area contributed by atoms with Gasteiger partial charge in [-0.2, -0.15) is 10.3 Å². The van der Waals surface area contributed by atoms with Crippen LogP contribution in [0.3, 0.4) is 0 Å². The summed E-state index contributed by atoms with van der Waals surface area (Å²) in [7, 11) is 0. The number of nitrogens with one attached hydrogen (secondary N) is 3. The van der Waals surface area contributed by atoms with Gasteiger partial charge in [0, 0.05) is 22.2 Å². The van der Waals surface area contributed by atoms with Gasteiger partial charge in [0.15, 0.2) is 0 Å². The number of carbonyl (C=O) groups is 1. The van der Waals surface area contributed by atoms with Crippen molar-refractivity contribution in [2.24, 2.45) is 5.73 Å². The molecule has 0 saturated heterocycles. The molecule has 1 amide bonds. The van der Waals surface area contributed by atoms with E-state index in [0.717, 1.165) is 33.3 Å². The minimum Gasteiger partial charge on any atom is -0.330 e. The molecule has 0 bridgehead atoms. The summed E-state index contributed by atoms with van der Waals surface area (Å²) in [6, 6.07) is 23.2. The fourth-order valence-corrected chi connectivity index (χ4v) is 3.90. The quantitative estimate of drug-likeness (QED) is 0.307. The molecule has 1 atom stereocenters. The molecule has 3 aromatic carbocycles. The Morgan fingerprint density at radius 1 is 0.970 bits per heavy atom. The van der Waals surface area contributed by atoms with Crippen molar-refractivity contribution in [3.8, 4) is 22.6 Å². The molecule has 0 fully saturated rings. The Bertz CT molecular complexity index is 1360. The zero-order valence-electron chi connectivity index (χ0n) is 17.7. The van der Waals surface area contributed by atoms with Crippen molar-refractivity contribution in [1.82, 2.24) is 30.8 Å². The number of hydrogen-bond donors (Lipinski definition) is 4. The van der Waals surface area contributed by atoms with Crippen LogP contribution < -0.4 is 11.1 Å². The number of rotatable bonds is 7. The number of fused-ring (bicyclic) bond motifs is 1. The molecule has 0 radical (unpaired) electrons. The van der Waals surface area contributed by atoms with Crippen molar-refractivity contribution >= 4 is 22.5 Å². The van der Waals surface area contributed by atoms with Crippen molar-refractivity contribution in [2.45, 2.75) is 12.3 Å². The van der Waals surface area contributed by atoms with Crippen LogP contribution in [-0.4, -0.2) is 43.3 Å². The van der Waals surface area contributed by atoms with Crippen LogP contribution in [-0.2, 0) is 4.79 Å². The molecule has 9 heteroatoms. The smallest absolute Gasteiger partial charge is 0.231 e. The molecule has 1 unspecified atom stereocenters. The maximum Gasteiger partial charge on any atom is 0.231 e. The van der Waals surface area contributed by atoms with Crippen LogP contribution in [0.1, 0.15) is 17.9 Å². The summed E-state index contributed by atoms with van der Waals surface area (Å²) in [5, 5.41) is 25.6. The van der Waals surface area contributed by atoms with Gasteiger partial charge in [-0.1, -0.05) is 54.6 Å². The molecule has 33 heavy (non-hydrogen) atoms. The van der Waals surface area contributed by atoms with Gasteiger partial charge in [-0.25, -0.2) is 0 Å². The fourth-order valence-electron chi connectivity index (χ4n) is 3.90. The second-order valence-corrected chi connectivity index (χ2v) is 7.68. The number of tetrazole rings is 1. The van der Waals surface area contributed by atoms with Crippen LogP contribution in [0.5, 0.6) is 0 Å². The van der Waals surface area contributed by atoms with Crippen LogP contribution in [0.2, 0.25) is 0 Å². The molecule has 0 aliphatic rings. The van der Waals surface area contributed by atoms with Gasteiger partial charge in [-0.3, -0.25) is 9.89 Å². The van der Waals surface area contributed by atoms with Gasteiger partial charge in [0.1, 0.15) is 0 Å². The van der Waals surface area contributed by atoms with E-state index < -0.39 is 0 Å². The lowest BCUT2D eigenvalue weighted by Crippen LogP contribution is -2.23. The molecule has 5 N–H and O–H groups in total. The van der Waals surface area contributed by atoms with E-state index in [1.54, 1.807) is 0 Å². The largest absolute Gasteiger partial charge is 0.330 e. The zero-order chi connectivity index (χ0) is 22.6. The molecular weight excluding hydrogens is 416 g/mol. The molecule has 2 heterocycles. The van der Waals surface area contributed by atoms with Gasteiger partial charge in [0.05, 0.1) is 17.1 Å². The van der Waals surface area contributed by atoms with Crippen LogP contribution in [0, 0.1) is 0 Å². The number of aromatic nitrogens is 6. The molecule has 0 aliphatic heterocycles. The highest BCUT2D eigenvalue weighted by Gasteiger charge is 2.20. The molecule has 0 spiro atoms. The summed E-state index contributed by atoms with van der Waals surface area (Å²) in [6.45, 7) is 0.428. The average molecular weight is 438 g/mol. The van der Waals surface area contributed by atoms with Gasteiger partial charge in [-0.15, -0.1) is 10.2 Å². The Kier molecular flexibility index (Phi) is 5.61. The summed E-state index contributed by atoms with van der Waals surface area (Å²) in [5.41, 5.74) is 10.9. The average Bonchev–Trinajstić information content (AvgIpc) is 3.53. The highest BCUT2D eigenvalue weighted by molar-refractivity contribution is 6.00. The van der Waals surface area contributed by atoms with Gasteiger partial charge >= 0.3 is 0 Å². The third-order valence-electron chi connectivity index (χ3n) is 5.57. The van der Waals surface area contributed by atoms with Crippen molar-refractivity contribution < 1.29 is 4.79 Å². The second kappa shape index (κ2) is 9.01. The van der Waals surface area contributed by atoms with Gasteiger partial charge in [-0.05, 0) is 41.9 Å². The van der Waals surface area contributed by atoms with E-state index in [4.69, 9.17) is 5.73 Å². The SMILES string of the molecule is NCCC(C(=O)Nc1ccc2[nH]nc(-c3ccc(-c4nn[nH]n4)cc3)c2c1)c1ccccc1.